The molecule has 118 valence electrons. The van der Waals surface area contributed by atoms with E-state index in [2.05, 4.69) is 24.1 Å². The number of hydrogen-bond acceptors (Lipinski definition) is 2. The van der Waals surface area contributed by atoms with Crippen molar-refractivity contribution in [1.29, 1.82) is 0 Å². The lowest BCUT2D eigenvalue weighted by molar-refractivity contribution is -0.138. The first-order chi connectivity index (χ1) is 9.66. The lowest BCUT2D eigenvalue weighted by Crippen LogP contribution is -2.62. The van der Waals surface area contributed by atoms with Gasteiger partial charge in [-0.25, -0.2) is 0 Å². The fourth-order valence-electron chi connectivity index (χ4n) is 2.77. The Hall–Kier alpha value is -1.23. The van der Waals surface area contributed by atoms with Crippen molar-refractivity contribution in [3.63, 3.8) is 0 Å². The average Bonchev–Trinajstić information content (AvgIpc) is 2.41. The number of halogens is 3. The number of rotatable bonds is 2. The number of benzene rings is 1. The molecule has 21 heavy (non-hydrogen) atoms. The topological polar surface area (TPSA) is 15.3 Å². The van der Waals surface area contributed by atoms with Crippen molar-refractivity contribution in [3.05, 3.63) is 29.3 Å². The minimum atomic E-state index is -4.30. The predicted octanol–water partition coefficient (Wildman–Crippen LogP) is 3.98. The lowest BCUT2D eigenvalue weighted by atomic mass is 9.93. The third-order valence-corrected chi connectivity index (χ3v) is 4.51. The van der Waals surface area contributed by atoms with Crippen LogP contribution in [0.25, 0.3) is 0 Å². The minimum Gasteiger partial charge on any atom is -0.366 e. The van der Waals surface area contributed by atoms with Crippen LogP contribution in [0.2, 0.25) is 0 Å². The highest BCUT2D eigenvalue weighted by atomic mass is 19.4. The summed E-state index contributed by atoms with van der Waals surface area (Å²) in [7, 11) is 0. The van der Waals surface area contributed by atoms with Crippen LogP contribution < -0.4 is 10.2 Å². The zero-order valence-corrected chi connectivity index (χ0v) is 13.0. The highest BCUT2D eigenvalue weighted by molar-refractivity contribution is 5.53. The number of hydrogen-bond donors (Lipinski definition) is 1. The van der Waals surface area contributed by atoms with Crippen molar-refractivity contribution >= 4 is 5.69 Å². The van der Waals surface area contributed by atoms with Crippen molar-refractivity contribution in [2.45, 2.75) is 51.9 Å². The van der Waals surface area contributed by atoms with Crippen molar-refractivity contribution < 1.29 is 13.2 Å². The maximum absolute atomic E-state index is 13.1. The summed E-state index contributed by atoms with van der Waals surface area (Å²) in [5, 5.41) is 3.49. The summed E-state index contributed by atoms with van der Waals surface area (Å²) in [6, 6.07) is 4.82. The van der Waals surface area contributed by atoms with Gasteiger partial charge in [0.25, 0.3) is 0 Å². The van der Waals surface area contributed by atoms with E-state index >= 15 is 0 Å². The summed E-state index contributed by atoms with van der Waals surface area (Å²) < 4.78 is 39.2. The largest absolute Gasteiger partial charge is 0.416 e. The van der Waals surface area contributed by atoms with Crippen LogP contribution in [0, 0.1) is 6.92 Å². The van der Waals surface area contributed by atoms with Gasteiger partial charge in [0, 0.05) is 30.4 Å². The zero-order chi connectivity index (χ0) is 15.8. The van der Waals surface area contributed by atoms with E-state index in [-0.39, 0.29) is 17.1 Å². The Morgan fingerprint density at radius 1 is 1.38 bits per heavy atom. The van der Waals surface area contributed by atoms with E-state index in [9.17, 15) is 13.2 Å². The van der Waals surface area contributed by atoms with Crippen molar-refractivity contribution in [3.8, 4) is 0 Å². The number of anilines is 1. The second kappa shape index (κ2) is 5.52. The van der Waals surface area contributed by atoms with Crippen LogP contribution in [0.3, 0.4) is 0 Å². The molecular formula is C16H23F3N2. The Balaban J connectivity index is 2.36. The van der Waals surface area contributed by atoms with E-state index in [1.807, 2.05) is 6.92 Å². The lowest BCUT2D eigenvalue weighted by Gasteiger charge is -2.46. The number of alkyl halides is 3. The summed E-state index contributed by atoms with van der Waals surface area (Å²) in [4.78, 5) is 2.08. The summed E-state index contributed by atoms with van der Waals surface area (Å²) in [5.41, 5.74) is 0.327. The van der Waals surface area contributed by atoms with Crippen LogP contribution in [-0.4, -0.2) is 24.7 Å². The monoisotopic (exact) mass is 300 g/mol. The Bertz CT molecular complexity index is 513. The van der Waals surface area contributed by atoms with Gasteiger partial charge in [-0.3, -0.25) is 0 Å². The van der Waals surface area contributed by atoms with Gasteiger partial charge in [0.05, 0.1) is 5.56 Å². The number of nitrogens with zero attached hydrogens (tertiary/aromatic N) is 1. The van der Waals surface area contributed by atoms with Crippen LogP contribution in [0.15, 0.2) is 18.2 Å². The van der Waals surface area contributed by atoms with Gasteiger partial charge in [-0.2, -0.15) is 13.2 Å². The fraction of sp³-hybridized carbons (Fsp3) is 0.625. The average molecular weight is 300 g/mol. The van der Waals surface area contributed by atoms with Crippen molar-refractivity contribution in [1.82, 2.24) is 5.32 Å². The normalized spacial score (nSPS) is 27.0. The molecule has 0 amide bonds. The number of nitrogens with one attached hydrogen (secondary N) is 1. The molecule has 1 saturated heterocycles. The van der Waals surface area contributed by atoms with E-state index in [1.54, 1.807) is 12.1 Å². The van der Waals surface area contributed by atoms with Gasteiger partial charge >= 0.3 is 6.18 Å². The smallest absolute Gasteiger partial charge is 0.366 e. The minimum absolute atomic E-state index is 0.0597. The Morgan fingerprint density at radius 3 is 2.62 bits per heavy atom. The molecule has 1 fully saturated rings. The van der Waals surface area contributed by atoms with Gasteiger partial charge in [-0.15, -0.1) is 0 Å². The molecule has 2 nitrogen and oxygen atoms in total. The molecule has 0 saturated carbocycles. The van der Waals surface area contributed by atoms with E-state index in [1.165, 1.54) is 13.0 Å². The molecule has 0 radical (unpaired) electrons. The van der Waals surface area contributed by atoms with Crippen molar-refractivity contribution in [2.75, 3.05) is 18.0 Å². The van der Waals surface area contributed by atoms with Gasteiger partial charge in [0.15, 0.2) is 0 Å². The molecule has 1 heterocycles. The van der Waals surface area contributed by atoms with Gasteiger partial charge in [0.1, 0.15) is 0 Å². The molecule has 1 aromatic carbocycles. The molecule has 1 N–H and O–H groups in total. The predicted molar refractivity (Wildman–Crippen MR) is 79.7 cm³/mol. The highest BCUT2D eigenvalue weighted by Gasteiger charge is 2.36. The van der Waals surface area contributed by atoms with Crippen LogP contribution in [0.5, 0.6) is 0 Å². The molecule has 2 atom stereocenters. The molecular weight excluding hydrogens is 277 g/mol. The van der Waals surface area contributed by atoms with E-state index < -0.39 is 11.7 Å². The van der Waals surface area contributed by atoms with Crippen LogP contribution in [-0.2, 0) is 6.18 Å². The maximum atomic E-state index is 13.1. The van der Waals surface area contributed by atoms with Crippen LogP contribution in [0.1, 0.15) is 38.3 Å². The summed E-state index contributed by atoms with van der Waals surface area (Å²) in [6.45, 7) is 9.24. The van der Waals surface area contributed by atoms with Crippen LogP contribution >= 0.6 is 0 Å². The molecule has 0 spiro atoms. The van der Waals surface area contributed by atoms with Gasteiger partial charge in [-0.1, -0.05) is 13.0 Å². The first-order valence-electron chi connectivity index (χ1n) is 7.36. The molecule has 1 aliphatic heterocycles. The second-order valence-corrected chi connectivity index (χ2v) is 6.27. The van der Waals surface area contributed by atoms with E-state index in [0.29, 0.717) is 12.2 Å². The first-order valence-corrected chi connectivity index (χ1v) is 7.36. The highest BCUT2D eigenvalue weighted by Crippen LogP contribution is 2.35. The molecule has 2 unspecified atom stereocenters. The van der Waals surface area contributed by atoms with Crippen LogP contribution in [0.4, 0.5) is 18.9 Å². The Morgan fingerprint density at radius 2 is 2.05 bits per heavy atom. The molecule has 5 heteroatoms. The molecule has 0 aromatic heterocycles. The third-order valence-electron chi connectivity index (χ3n) is 4.51. The molecule has 1 aliphatic rings. The maximum Gasteiger partial charge on any atom is 0.416 e. The fourth-order valence-corrected chi connectivity index (χ4v) is 2.77. The van der Waals surface area contributed by atoms with Gasteiger partial charge in [-0.05, 0) is 44.9 Å². The Labute approximate surface area is 124 Å². The molecule has 1 aromatic rings. The third kappa shape index (κ3) is 3.34. The number of aryl methyl sites for hydroxylation is 1. The molecule has 0 aliphatic carbocycles. The number of piperazine rings is 1. The van der Waals surface area contributed by atoms with Gasteiger partial charge < -0.3 is 10.2 Å². The van der Waals surface area contributed by atoms with E-state index in [4.69, 9.17) is 0 Å². The SMILES string of the molecule is CCC1(C)CN(c2ccc(C)c(C(F)(F)F)c2)C(C)CN1. The quantitative estimate of drug-likeness (QED) is 0.888. The van der Waals surface area contributed by atoms with Gasteiger partial charge in [0.2, 0.25) is 0 Å². The summed E-state index contributed by atoms with van der Waals surface area (Å²) in [6.07, 6.45) is -3.36. The first kappa shape index (κ1) is 16.1. The van der Waals surface area contributed by atoms with Crippen molar-refractivity contribution in [2.24, 2.45) is 0 Å². The second-order valence-electron chi connectivity index (χ2n) is 6.27. The van der Waals surface area contributed by atoms with E-state index in [0.717, 1.165) is 13.0 Å². The standard InChI is InChI=1S/C16H23F3N2/c1-5-15(4)10-21(12(3)9-20-15)13-7-6-11(2)14(8-13)16(17,18)19/h6-8,12,20H,5,9-10H2,1-4H3. The summed E-state index contributed by atoms with van der Waals surface area (Å²) >= 11 is 0. The molecule has 2 rings (SSSR count). The molecule has 0 bridgehead atoms. The summed E-state index contributed by atoms with van der Waals surface area (Å²) in [5.74, 6) is 0. The zero-order valence-electron chi connectivity index (χ0n) is 13.0. The Kier molecular flexibility index (Phi) is 4.24.